The number of hydrogen-bond donors (Lipinski definition) is 0. The minimum absolute atomic E-state index is 0.831. The SMILES string of the molecule is c1ccc(N(c2ccccc2)c2ccc3oc4c(N5[Si](c6ccccc6)(c6ccccc6)N(c6cccc7c6oc6ccc(N(c8ccccc8)c8ccccc8)cc67)[Si]5(c5ccccc5)c5ccccc5)cccc4c3c2)cc1. The molecule has 0 atom stereocenters. The molecule has 2 aromatic heterocycles. The summed E-state index contributed by atoms with van der Waals surface area (Å²) in [4.78, 5) is 4.64. The van der Waals surface area contributed by atoms with Gasteiger partial charge in [-0.25, -0.2) is 0 Å². The van der Waals surface area contributed by atoms with Crippen molar-refractivity contribution < 1.29 is 8.83 Å². The molecule has 0 amide bonds. The van der Waals surface area contributed by atoms with Gasteiger partial charge < -0.3 is 27.1 Å². The summed E-state index contributed by atoms with van der Waals surface area (Å²) in [5.74, 6) is 0. The maximum absolute atomic E-state index is 7.41. The van der Waals surface area contributed by atoms with Gasteiger partial charge in [-0.05, 0) is 118 Å². The van der Waals surface area contributed by atoms with Gasteiger partial charge in [-0.15, -0.1) is 0 Å². The Morgan fingerprint density at radius 1 is 0.237 bits per heavy atom. The average Bonchev–Trinajstić information content (AvgIpc) is 4.27. The summed E-state index contributed by atoms with van der Waals surface area (Å²) in [5, 5.41) is 9.20. The third-order valence-electron chi connectivity index (χ3n) is 16.0. The van der Waals surface area contributed by atoms with E-state index < -0.39 is 16.8 Å². The molecule has 0 unspecified atom stereocenters. The first-order valence-corrected chi connectivity index (χ1v) is 31.0. The van der Waals surface area contributed by atoms with E-state index in [2.05, 4.69) is 334 Å². The minimum atomic E-state index is -3.51. The zero-order valence-corrected chi connectivity index (χ0v) is 45.6. The average molecular weight is 1060 g/mol. The van der Waals surface area contributed by atoms with E-state index in [1.165, 1.54) is 20.7 Å². The van der Waals surface area contributed by atoms with Crippen molar-refractivity contribution in [1.29, 1.82) is 0 Å². The van der Waals surface area contributed by atoms with E-state index in [1.807, 2.05) is 0 Å². The molecule has 1 fully saturated rings. The van der Waals surface area contributed by atoms with Crippen molar-refractivity contribution in [2.24, 2.45) is 0 Å². The highest BCUT2D eigenvalue weighted by molar-refractivity contribution is 7.38. The molecule has 0 radical (unpaired) electrons. The second kappa shape index (κ2) is 19.4. The van der Waals surface area contributed by atoms with E-state index in [0.29, 0.717) is 0 Å². The van der Waals surface area contributed by atoms with Crippen molar-refractivity contribution in [2.45, 2.75) is 0 Å². The van der Waals surface area contributed by atoms with Crippen LogP contribution in [0.25, 0.3) is 43.9 Å². The molecule has 1 aliphatic rings. The lowest BCUT2D eigenvalue weighted by atomic mass is 10.1. The molecule has 1 saturated heterocycles. The highest BCUT2D eigenvalue weighted by Gasteiger charge is 2.75. The van der Waals surface area contributed by atoms with E-state index in [4.69, 9.17) is 8.83 Å². The number of hydrogen-bond acceptors (Lipinski definition) is 6. The molecule has 12 aromatic carbocycles. The van der Waals surface area contributed by atoms with E-state index >= 15 is 0 Å². The van der Waals surface area contributed by atoms with E-state index in [1.54, 1.807) is 0 Å². The normalized spacial score (nSPS) is 13.7. The summed E-state index contributed by atoms with van der Waals surface area (Å²) in [7, 11) is -7.02. The van der Waals surface area contributed by atoms with E-state index in [-0.39, 0.29) is 0 Å². The van der Waals surface area contributed by atoms with Gasteiger partial charge in [-0.1, -0.05) is 218 Å². The monoisotopic (exact) mass is 1060 g/mol. The summed E-state index contributed by atoms with van der Waals surface area (Å²) < 4.78 is 20.6. The molecule has 0 aliphatic carbocycles. The van der Waals surface area contributed by atoms with E-state index in [9.17, 15) is 0 Å². The smallest absolute Gasteiger partial charge is 0.318 e. The van der Waals surface area contributed by atoms with Crippen LogP contribution in [-0.2, 0) is 0 Å². The Kier molecular flexibility index (Phi) is 11.4. The van der Waals surface area contributed by atoms with Crippen LogP contribution >= 0.6 is 0 Å². The molecular formula is C72H52N4O2Si2. The summed E-state index contributed by atoms with van der Waals surface area (Å²) >= 11 is 0. The predicted octanol–water partition coefficient (Wildman–Crippen LogP) is 16.3. The van der Waals surface area contributed by atoms with Gasteiger partial charge in [0, 0.05) is 55.7 Å². The first-order chi connectivity index (χ1) is 39.7. The topological polar surface area (TPSA) is 39.2 Å². The minimum Gasteiger partial charge on any atom is -0.454 e. The maximum atomic E-state index is 7.41. The Bertz CT molecular complexity index is 4030. The molecule has 380 valence electrons. The lowest BCUT2D eigenvalue weighted by Gasteiger charge is -2.72. The van der Waals surface area contributed by atoms with Crippen LogP contribution in [-0.4, -0.2) is 16.8 Å². The predicted molar refractivity (Wildman–Crippen MR) is 338 cm³/mol. The lowest BCUT2D eigenvalue weighted by Crippen LogP contribution is -3.07. The van der Waals surface area contributed by atoms with Gasteiger partial charge in [0.2, 0.25) is 0 Å². The van der Waals surface area contributed by atoms with E-state index in [0.717, 1.165) is 89.4 Å². The van der Waals surface area contributed by atoms with Crippen LogP contribution in [0, 0.1) is 0 Å². The fraction of sp³-hybridized carbons (Fsp3) is 0. The Hall–Kier alpha value is -10.1. The first-order valence-electron chi connectivity index (χ1n) is 27.2. The summed E-state index contributed by atoms with van der Waals surface area (Å²) in [6, 6.07) is 114. The molecule has 0 bridgehead atoms. The van der Waals surface area contributed by atoms with Gasteiger partial charge in [0.15, 0.2) is 11.2 Å². The number of benzene rings is 12. The number of nitrogens with zero attached hydrogens (tertiary/aromatic N) is 4. The van der Waals surface area contributed by atoms with Crippen LogP contribution in [0.3, 0.4) is 0 Å². The Labute approximate surface area is 466 Å². The van der Waals surface area contributed by atoms with Crippen molar-refractivity contribution in [1.82, 2.24) is 0 Å². The van der Waals surface area contributed by atoms with Crippen molar-refractivity contribution in [3.05, 3.63) is 315 Å². The quantitative estimate of drug-likeness (QED) is 0.114. The van der Waals surface area contributed by atoms with Crippen molar-refractivity contribution in [3.8, 4) is 0 Å². The molecule has 3 heterocycles. The Morgan fingerprint density at radius 3 is 0.800 bits per heavy atom. The number of fused-ring (bicyclic) bond motifs is 6. The summed E-state index contributed by atoms with van der Waals surface area (Å²) in [5.41, 5.74) is 11.9. The Morgan fingerprint density at radius 2 is 0.512 bits per heavy atom. The molecular weight excluding hydrogens is 1010 g/mol. The van der Waals surface area contributed by atoms with Gasteiger partial charge >= 0.3 is 16.8 Å². The zero-order valence-electron chi connectivity index (χ0n) is 43.6. The van der Waals surface area contributed by atoms with Gasteiger partial charge in [0.25, 0.3) is 0 Å². The fourth-order valence-electron chi connectivity index (χ4n) is 12.7. The highest BCUT2D eigenvalue weighted by Crippen LogP contribution is 2.52. The van der Waals surface area contributed by atoms with Gasteiger partial charge in [0.05, 0.1) is 11.4 Å². The van der Waals surface area contributed by atoms with Gasteiger partial charge in [0.1, 0.15) is 11.2 Å². The summed E-state index contributed by atoms with van der Waals surface area (Å²) in [6.07, 6.45) is 0. The maximum Gasteiger partial charge on any atom is 0.318 e. The van der Waals surface area contributed by atoms with Crippen LogP contribution in [0.5, 0.6) is 0 Å². The second-order valence-corrected chi connectivity index (χ2v) is 28.0. The molecule has 8 heteroatoms. The van der Waals surface area contributed by atoms with Gasteiger partial charge in [-0.2, -0.15) is 0 Å². The van der Waals surface area contributed by atoms with Crippen LogP contribution in [0.1, 0.15) is 0 Å². The third-order valence-corrected chi connectivity index (χ3v) is 28.0. The summed E-state index contributed by atoms with van der Waals surface area (Å²) in [6.45, 7) is 0. The third kappa shape index (κ3) is 7.30. The lowest BCUT2D eigenvalue weighted by molar-refractivity contribution is 0.668. The number of para-hydroxylation sites is 6. The zero-order chi connectivity index (χ0) is 53.0. The fourth-order valence-corrected chi connectivity index (χ4v) is 28.0. The molecule has 14 aromatic rings. The first kappa shape index (κ1) is 47.1. The Balaban J connectivity index is 1.02. The second-order valence-electron chi connectivity index (χ2n) is 20.4. The number of furan rings is 2. The molecule has 80 heavy (non-hydrogen) atoms. The van der Waals surface area contributed by atoms with Crippen LogP contribution in [0.2, 0.25) is 0 Å². The molecule has 0 N–H and O–H groups in total. The molecule has 0 spiro atoms. The van der Waals surface area contributed by atoms with Crippen molar-refractivity contribution in [2.75, 3.05) is 18.3 Å². The van der Waals surface area contributed by atoms with Crippen molar-refractivity contribution in [3.63, 3.8) is 0 Å². The van der Waals surface area contributed by atoms with Gasteiger partial charge in [-0.3, -0.25) is 0 Å². The van der Waals surface area contributed by atoms with Crippen LogP contribution < -0.4 is 39.0 Å². The molecule has 6 nitrogen and oxygen atoms in total. The standard InChI is InChI=1S/C72H52N4O2Si2/c1-9-27-53(28-10-1)73(54-29-11-2-12-30-54)57-47-49-69-65(51-57)63-43-25-45-67(71(63)77-69)75-79(59-35-17-5-18-36-59,60-37-19-6-20-38-60)76(80(75,61-39-21-7-22-40-61)62-41-23-8-24-42-62)68-46-26-44-64-66-52-58(48-50-70(66)78-72(64)68)74(55-31-13-3-14-32-55)56-33-15-4-16-34-56/h1-52H. The number of rotatable bonds is 12. The molecule has 0 saturated carbocycles. The molecule has 1 aliphatic heterocycles. The highest BCUT2D eigenvalue weighted by atomic mass is 28.5. The largest absolute Gasteiger partial charge is 0.454 e. The van der Waals surface area contributed by atoms with Crippen LogP contribution in [0.15, 0.2) is 324 Å². The van der Waals surface area contributed by atoms with Crippen molar-refractivity contribution >= 4 is 127 Å². The number of anilines is 8. The molecule has 15 rings (SSSR count). The van der Waals surface area contributed by atoms with Crippen LogP contribution in [0.4, 0.5) is 45.5 Å².